The zero-order chi connectivity index (χ0) is 12.1. The first-order valence-corrected chi connectivity index (χ1v) is 4.93. The van der Waals surface area contributed by atoms with Crippen molar-refractivity contribution in [2.45, 2.75) is 20.8 Å². The van der Waals surface area contributed by atoms with Crippen molar-refractivity contribution in [1.82, 2.24) is 0 Å². The van der Waals surface area contributed by atoms with Crippen LogP contribution in [0.1, 0.15) is 31.1 Å². The van der Waals surface area contributed by atoms with Gasteiger partial charge in [-0.1, -0.05) is 0 Å². The molecule has 1 rings (SSSR count). The van der Waals surface area contributed by atoms with E-state index in [-0.39, 0.29) is 11.6 Å². The number of anilines is 1. The normalized spacial score (nSPS) is 11.1. The monoisotopic (exact) mass is 218 g/mol. The van der Waals surface area contributed by atoms with Gasteiger partial charge >= 0.3 is 0 Å². The molecule has 0 saturated carbocycles. The fourth-order valence-corrected chi connectivity index (χ4v) is 1.01. The van der Waals surface area contributed by atoms with E-state index in [2.05, 4.69) is 10.5 Å². The highest BCUT2D eigenvalue weighted by Crippen LogP contribution is 2.09. The van der Waals surface area contributed by atoms with Gasteiger partial charge in [-0.15, -0.1) is 0 Å². The minimum Gasteiger partial charge on any atom is -0.295 e. The van der Waals surface area contributed by atoms with Crippen LogP contribution in [0, 0.1) is 0 Å². The molecule has 0 aliphatic rings. The van der Waals surface area contributed by atoms with Crippen LogP contribution in [0.25, 0.3) is 0 Å². The lowest BCUT2D eigenvalue weighted by molar-refractivity contribution is -0.111. The van der Waals surface area contributed by atoms with E-state index in [1.165, 1.54) is 13.8 Å². The van der Waals surface area contributed by atoms with Crippen LogP contribution in [0.3, 0.4) is 0 Å². The molecule has 0 aliphatic heterocycles. The summed E-state index contributed by atoms with van der Waals surface area (Å²) in [6.07, 6.45) is 0. The van der Waals surface area contributed by atoms with E-state index in [9.17, 15) is 9.59 Å². The van der Waals surface area contributed by atoms with Crippen LogP contribution in [-0.4, -0.2) is 17.3 Å². The van der Waals surface area contributed by atoms with E-state index in [4.69, 9.17) is 0 Å². The van der Waals surface area contributed by atoms with Gasteiger partial charge < -0.3 is 0 Å². The van der Waals surface area contributed by atoms with Crippen LogP contribution < -0.4 is 5.43 Å². The van der Waals surface area contributed by atoms with Gasteiger partial charge in [0.05, 0.1) is 5.69 Å². The van der Waals surface area contributed by atoms with E-state index in [0.29, 0.717) is 11.3 Å². The highest BCUT2D eigenvalue weighted by Gasteiger charge is 1.99. The summed E-state index contributed by atoms with van der Waals surface area (Å²) in [5.41, 5.74) is 4.55. The number of nitrogens with one attached hydrogen (secondary N) is 1. The average Bonchev–Trinajstić information content (AvgIpc) is 2.26. The third-order valence-electron chi connectivity index (χ3n) is 2.15. The molecule has 0 amide bonds. The molecule has 84 valence electrons. The summed E-state index contributed by atoms with van der Waals surface area (Å²) in [7, 11) is 0. The van der Waals surface area contributed by atoms with Crippen LogP contribution in [0.5, 0.6) is 0 Å². The van der Waals surface area contributed by atoms with Crippen molar-refractivity contribution in [2.24, 2.45) is 5.10 Å². The summed E-state index contributed by atoms with van der Waals surface area (Å²) in [4.78, 5) is 21.9. The standard InChI is InChI=1S/C12H14N2O2/c1-8(9(2)15)13-14-12-6-4-11(5-7-12)10(3)16/h4-7,14H,1-3H3/b13-8-. The molecule has 1 aromatic rings. The lowest BCUT2D eigenvalue weighted by atomic mass is 10.1. The smallest absolute Gasteiger partial charge is 0.175 e. The van der Waals surface area contributed by atoms with Gasteiger partial charge in [0, 0.05) is 12.5 Å². The van der Waals surface area contributed by atoms with Crippen LogP contribution >= 0.6 is 0 Å². The Morgan fingerprint density at radius 1 is 1.06 bits per heavy atom. The molecule has 0 aliphatic carbocycles. The SMILES string of the molecule is CC(=O)/C(C)=N\Nc1ccc(C(C)=O)cc1. The molecule has 0 aromatic heterocycles. The molecule has 16 heavy (non-hydrogen) atoms. The second kappa shape index (κ2) is 5.21. The van der Waals surface area contributed by atoms with Gasteiger partial charge in [-0.2, -0.15) is 5.10 Å². The molecule has 4 nitrogen and oxygen atoms in total. The third kappa shape index (κ3) is 3.31. The molecule has 0 saturated heterocycles. The number of carbonyl (C=O) groups excluding carboxylic acids is 2. The molecule has 0 bridgehead atoms. The average molecular weight is 218 g/mol. The molecule has 0 radical (unpaired) electrons. The maximum Gasteiger partial charge on any atom is 0.175 e. The first-order valence-electron chi connectivity index (χ1n) is 4.93. The lowest BCUT2D eigenvalue weighted by Crippen LogP contribution is -2.07. The largest absolute Gasteiger partial charge is 0.295 e. The Labute approximate surface area is 94.4 Å². The highest BCUT2D eigenvalue weighted by atomic mass is 16.1. The Kier molecular flexibility index (Phi) is 3.94. The summed E-state index contributed by atoms with van der Waals surface area (Å²) < 4.78 is 0. The number of ketones is 2. The number of hydrazone groups is 1. The van der Waals surface area contributed by atoms with Gasteiger partial charge in [0.15, 0.2) is 11.6 Å². The van der Waals surface area contributed by atoms with Crippen LogP contribution in [0.2, 0.25) is 0 Å². The van der Waals surface area contributed by atoms with Gasteiger partial charge in [-0.05, 0) is 38.1 Å². The zero-order valence-electron chi connectivity index (χ0n) is 9.57. The molecular weight excluding hydrogens is 204 g/mol. The Hall–Kier alpha value is -1.97. The summed E-state index contributed by atoms with van der Waals surface area (Å²) in [6, 6.07) is 6.91. The topological polar surface area (TPSA) is 58.5 Å². The maximum absolute atomic E-state index is 11.0. The van der Waals surface area contributed by atoms with Crippen molar-refractivity contribution >= 4 is 23.0 Å². The summed E-state index contributed by atoms with van der Waals surface area (Å²) in [5.74, 6) is -0.0529. The van der Waals surface area contributed by atoms with Crippen molar-refractivity contribution in [3.05, 3.63) is 29.8 Å². The molecule has 0 fully saturated rings. The van der Waals surface area contributed by atoms with E-state index in [1.54, 1.807) is 31.2 Å². The molecule has 0 unspecified atom stereocenters. The quantitative estimate of drug-likeness (QED) is 0.479. The second-order valence-electron chi connectivity index (χ2n) is 3.50. The number of hydrogen-bond donors (Lipinski definition) is 1. The first kappa shape index (κ1) is 12.1. The fourth-order valence-electron chi connectivity index (χ4n) is 1.01. The Morgan fingerprint density at radius 2 is 1.62 bits per heavy atom. The number of benzene rings is 1. The van der Waals surface area contributed by atoms with Gasteiger partial charge in [-0.3, -0.25) is 15.0 Å². The van der Waals surface area contributed by atoms with Crippen molar-refractivity contribution in [1.29, 1.82) is 0 Å². The van der Waals surface area contributed by atoms with Gasteiger partial charge in [0.2, 0.25) is 0 Å². The molecular formula is C12H14N2O2. The fraction of sp³-hybridized carbons (Fsp3) is 0.250. The van der Waals surface area contributed by atoms with Crippen LogP contribution in [-0.2, 0) is 4.79 Å². The second-order valence-corrected chi connectivity index (χ2v) is 3.50. The van der Waals surface area contributed by atoms with Crippen LogP contribution in [0.4, 0.5) is 5.69 Å². The maximum atomic E-state index is 11.0. The minimum absolute atomic E-state index is 0.0231. The molecule has 1 N–H and O–H groups in total. The molecule has 4 heteroatoms. The number of rotatable bonds is 4. The first-order chi connectivity index (χ1) is 7.50. The van der Waals surface area contributed by atoms with E-state index >= 15 is 0 Å². The van der Waals surface area contributed by atoms with Crippen molar-refractivity contribution < 1.29 is 9.59 Å². The van der Waals surface area contributed by atoms with E-state index in [0.717, 1.165) is 5.69 Å². The Bertz CT molecular complexity index is 433. The number of nitrogens with zero attached hydrogens (tertiary/aromatic N) is 1. The minimum atomic E-state index is -0.0761. The number of Topliss-reactive ketones (excluding diaryl/α,β-unsaturated/α-hetero) is 2. The van der Waals surface area contributed by atoms with Crippen molar-refractivity contribution in [3.63, 3.8) is 0 Å². The molecule has 0 spiro atoms. The predicted molar refractivity (Wildman–Crippen MR) is 63.9 cm³/mol. The third-order valence-corrected chi connectivity index (χ3v) is 2.15. The zero-order valence-corrected chi connectivity index (χ0v) is 9.57. The van der Waals surface area contributed by atoms with E-state index < -0.39 is 0 Å². The Morgan fingerprint density at radius 3 is 2.06 bits per heavy atom. The van der Waals surface area contributed by atoms with E-state index in [1.807, 2.05) is 0 Å². The van der Waals surface area contributed by atoms with Crippen molar-refractivity contribution in [3.8, 4) is 0 Å². The van der Waals surface area contributed by atoms with Gasteiger partial charge in [0.1, 0.15) is 5.71 Å². The van der Waals surface area contributed by atoms with Crippen LogP contribution in [0.15, 0.2) is 29.4 Å². The number of hydrogen-bond acceptors (Lipinski definition) is 4. The summed E-state index contributed by atoms with van der Waals surface area (Å²) >= 11 is 0. The summed E-state index contributed by atoms with van der Waals surface area (Å²) in [5, 5.41) is 3.90. The Balaban J connectivity index is 2.73. The van der Waals surface area contributed by atoms with Gasteiger partial charge in [0.25, 0.3) is 0 Å². The molecule has 0 atom stereocenters. The van der Waals surface area contributed by atoms with Crippen molar-refractivity contribution in [2.75, 3.05) is 5.43 Å². The number of carbonyl (C=O) groups is 2. The highest BCUT2D eigenvalue weighted by molar-refractivity contribution is 6.38. The lowest BCUT2D eigenvalue weighted by Gasteiger charge is -2.02. The molecule has 0 heterocycles. The van der Waals surface area contributed by atoms with Gasteiger partial charge in [-0.25, -0.2) is 0 Å². The summed E-state index contributed by atoms with van der Waals surface area (Å²) in [6.45, 7) is 4.61. The molecule has 1 aromatic carbocycles. The predicted octanol–water partition coefficient (Wildman–Crippen LogP) is 2.27.